The van der Waals surface area contributed by atoms with Gasteiger partial charge in [0.15, 0.2) is 11.6 Å². The summed E-state index contributed by atoms with van der Waals surface area (Å²) in [6, 6.07) is 10.1. The number of rotatable bonds is 4. The van der Waals surface area contributed by atoms with Crippen LogP contribution in [0.1, 0.15) is 40.9 Å². The molecule has 7 nitrogen and oxygen atoms in total. The zero-order valence-corrected chi connectivity index (χ0v) is 18.9. The van der Waals surface area contributed by atoms with Gasteiger partial charge in [-0.15, -0.1) is 10.2 Å². The standard InChI is InChI=1S/C24H30N6O/c1-15-11-16(2)23(17(3)12-15)25-24(31)20-7-6-10-29(14-20)21-8-9-22(27-26-21)30-19(5)13-18(4)28-30/h8-9,11-13,20H,6-7,10,14H2,1-5H3,(H,25,31). The first kappa shape index (κ1) is 21.0. The van der Waals surface area contributed by atoms with E-state index in [1.165, 1.54) is 5.56 Å². The molecule has 1 aliphatic heterocycles. The van der Waals surface area contributed by atoms with Gasteiger partial charge in [-0.2, -0.15) is 5.10 Å². The highest BCUT2D eigenvalue weighted by molar-refractivity contribution is 5.94. The van der Waals surface area contributed by atoms with E-state index in [1.54, 1.807) is 4.68 Å². The average molecular weight is 419 g/mol. The Balaban J connectivity index is 1.46. The Morgan fingerprint density at radius 3 is 2.29 bits per heavy atom. The maximum atomic E-state index is 13.0. The highest BCUT2D eigenvalue weighted by Gasteiger charge is 2.27. The average Bonchev–Trinajstić information content (AvgIpc) is 3.08. The molecule has 1 aliphatic rings. The number of nitrogens with zero attached hydrogens (tertiary/aromatic N) is 5. The second kappa shape index (κ2) is 8.49. The number of piperidine rings is 1. The molecule has 0 bridgehead atoms. The van der Waals surface area contributed by atoms with Crippen molar-refractivity contribution in [3.05, 3.63) is 58.4 Å². The molecule has 1 atom stereocenters. The van der Waals surface area contributed by atoms with Crippen LogP contribution in [0.2, 0.25) is 0 Å². The fraction of sp³-hybridized carbons (Fsp3) is 0.417. The highest BCUT2D eigenvalue weighted by atomic mass is 16.1. The van der Waals surface area contributed by atoms with Crippen LogP contribution in [-0.4, -0.2) is 39.0 Å². The lowest BCUT2D eigenvalue weighted by atomic mass is 9.96. The maximum absolute atomic E-state index is 13.0. The second-order valence-corrected chi connectivity index (χ2v) is 8.64. The normalized spacial score (nSPS) is 16.4. The van der Waals surface area contributed by atoms with Gasteiger partial charge < -0.3 is 10.2 Å². The molecule has 7 heteroatoms. The molecule has 0 radical (unpaired) electrons. The molecule has 1 amide bonds. The summed E-state index contributed by atoms with van der Waals surface area (Å²) in [6.07, 6.45) is 1.83. The first-order valence-electron chi connectivity index (χ1n) is 10.8. The minimum atomic E-state index is -0.0775. The molecule has 3 aromatic rings. The summed E-state index contributed by atoms with van der Waals surface area (Å²) in [4.78, 5) is 15.2. The third kappa shape index (κ3) is 4.45. The maximum Gasteiger partial charge on any atom is 0.229 e. The van der Waals surface area contributed by atoms with Crippen LogP contribution in [0.4, 0.5) is 11.5 Å². The topological polar surface area (TPSA) is 75.9 Å². The molecule has 3 heterocycles. The van der Waals surface area contributed by atoms with Crippen molar-refractivity contribution in [2.45, 2.75) is 47.5 Å². The Kier molecular flexibility index (Phi) is 5.76. The van der Waals surface area contributed by atoms with Crippen LogP contribution in [0, 0.1) is 40.5 Å². The minimum Gasteiger partial charge on any atom is -0.354 e. The summed E-state index contributed by atoms with van der Waals surface area (Å²) in [6.45, 7) is 11.6. The molecule has 1 fully saturated rings. The molecular formula is C24H30N6O. The molecular weight excluding hydrogens is 388 g/mol. The predicted molar refractivity (Wildman–Crippen MR) is 123 cm³/mol. The fourth-order valence-electron chi connectivity index (χ4n) is 4.46. The molecule has 2 aromatic heterocycles. The molecule has 162 valence electrons. The van der Waals surface area contributed by atoms with Crippen LogP contribution in [0.15, 0.2) is 30.3 Å². The Morgan fingerprint density at radius 2 is 1.68 bits per heavy atom. The number of carbonyl (C=O) groups is 1. The van der Waals surface area contributed by atoms with Crippen LogP contribution in [0.3, 0.4) is 0 Å². The van der Waals surface area contributed by atoms with Crippen molar-refractivity contribution in [3.63, 3.8) is 0 Å². The number of amides is 1. The van der Waals surface area contributed by atoms with Gasteiger partial charge in [0.25, 0.3) is 0 Å². The number of hydrogen-bond acceptors (Lipinski definition) is 5. The quantitative estimate of drug-likeness (QED) is 0.691. The molecule has 0 saturated carbocycles. The molecule has 1 aromatic carbocycles. The van der Waals surface area contributed by atoms with E-state index in [4.69, 9.17) is 0 Å². The Bertz CT molecular complexity index is 1080. The summed E-state index contributed by atoms with van der Waals surface area (Å²) in [5.74, 6) is 1.50. The fourth-order valence-corrected chi connectivity index (χ4v) is 4.46. The van der Waals surface area contributed by atoms with E-state index in [0.717, 1.165) is 53.4 Å². The number of nitrogens with one attached hydrogen (secondary N) is 1. The summed E-state index contributed by atoms with van der Waals surface area (Å²) in [5, 5.41) is 16.4. The summed E-state index contributed by atoms with van der Waals surface area (Å²) >= 11 is 0. The van der Waals surface area contributed by atoms with Gasteiger partial charge in [0.2, 0.25) is 5.91 Å². The number of benzene rings is 1. The zero-order chi connectivity index (χ0) is 22.1. The molecule has 0 aliphatic carbocycles. The van der Waals surface area contributed by atoms with Gasteiger partial charge in [0, 0.05) is 24.5 Å². The van der Waals surface area contributed by atoms with Crippen molar-refractivity contribution in [1.29, 1.82) is 0 Å². The number of carbonyl (C=O) groups excluding carboxylic acids is 1. The van der Waals surface area contributed by atoms with Crippen molar-refractivity contribution in [1.82, 2.24) is 20.0 Å². The van der Waals surface area contributed by atoms with Gasteiger partial charge in [0.1, 0.15) is 0 Å². The van der Waals surface area contributed by atoms with Crippen LogP contribution < -0.4 is 10.2 Å². The highest BCUT2D eigenvalue weighted by Crippen LogP contribution is 2.26. The SMILES string of the molecule is Cc1cc(C)c(NC(=O)C2CCCN(c3ccc(-n4nc(C)cc4C)nn3)C2)c(C)c1. The van der Waals surface area contributed by atoms with Gasteiger partial charge in [0.05, 0.1) is 11.6 Å². The third-order valence-corrected chi connectivity index (χ3v) is 5.90. The van der Waals surface area contributed by atoms with Crippen molar-refractivity contribution in [2.24, 2.45) is 5.92 Å². The Morgan fingerprint density at radius 1 is 1.00 bits per heavy atom. The van der Waals surface area contributed by atoms with Gasteiger partial charge in [-0.1, -0.05) is 17.7 Å². The van der Waals surface area contributed by atoms with E-state index in [9.17, 15) is 4.79 Å². The predicted octanol–water partition coefficient (Wildman–Crippen LogP) is 4.06. The van der Waals surface area contributed by atoms with Crippen molar-refractivity contribution in [2.75, 3.05) is 23.3 Å². The van der Waals surface area contributed by atoms with Gasteiger partial charge >= 0.3 is 0 Å². The van der Waals surface area contributed by atoms with Crippen LogP contribution in [0.5, 0.6) is 0 Å². The smallest absolute Gasteiger partial charge is 0.229 e. The van der Waals surface area contributed by atoms with Gasteiger partial charge in [-0.25, -0.2) is 4.68 Å². The largest absolute Gasteiger partial charge is 0.354 e. The van der Waals surface area contributed by atoms with Crippen LogP contribution in [-0.2, 0) is 4.79 Å². The number of hydrogen-bond donors (Lipinski definition) is 1. The van der Waals surface area contributed by atoms with Crippen molar-refractivity contribution >= 4 is 17.4 Å². The minimum absolute atomic E-state index is 0.0759. The van der Waals surface area contributed by atoms with E-state index in [0.29, 0.717) is 12.4 Å². The van der Waals surface area contributed by atoms with Gasteiger partial charge in [-0.05, 0) is 76.8 Å². The zero-order valence-electron chi connectivity index (χ0n) is 18.9. The molecule has 4 rings (SSSR count). The van der Waals surface area contributed by atoms with E-state index >= 15 is 0 Å². The molecule has 1 unspecified atom stereocenters. The lowest BCUT2D eigenvalue weighted by molar-refractivity contribution is -0.120. The van der Waals surface area contributed by atoms with E-state index < -0.39 is 0 Å². The van der Waals surface area contributed by atoms with Crippen LogP contribution >= 0.6 is 0 Å². The van der Waals surface area contributed by atoms with Crippen molar-refractivity contribution < 1.29 is 4.79 Å². The van der Waals surface area contributed by atoms with Crippen molar-refractivity contribution in [3.8, 4) is 5.82 Å². The summed E-state index contributed by atoms with van der Waals surface area (Å²) in [5.41, 5.74) is 6.32. The van der Waals surface area contributed by atoms with E-state index in [2.05, 4.69) is 44.6 Å². The number of aromatic nitrogens is 4. The first-order chi connectivity index (χ1) is 14.8. The number of aryl methyl sites for hydroxylation is 5. The summed E-state index contributed by atoms with van der Waals surface area (Å²) in [7, 11) is 0. The molecule has 31 heavy (non-hydrogen) atoms. The van der Waals surface area contributed by atoms with E-state index in [1.807, 2.05) is 45.9 Å². The molecule has 0 spiro atoms. The number of anilines is 2. The Hall–Kier alpha value is -3.22. The van der Waals surface area contributed by atoms with Crippen LogP contribution in [0.25, 0.3) is 5.82 Å². The second-order valence-electron chi connectivity index (χ2n) is 8.64. The summed E-state index contributed by atoms with van der Waals surface area (Å²) < 4.78 is 1.80. The monoisotopic (exact) mass is 418 g/mol. The third-order valence-electron chi connectivity index (χ3n) is 5.90. The first-order valence-corrected chi connectivity index (χ1v) is 10.8. The molecule has 1 saturated heterocycles. The van der Waals surface area contributed by atoms with E-state index in [-0.39, 0.29) is 11.8 Å². The molecule has 1 N–H and O–H groups in total. The lowest BCUT2D eigenvalue weighted by Crippen LogP contribution is -2.41. The van der Waals surface area contributed by atoms with Gasteiger partial charge in [-0.3, -0.25) is 4.79 Å². The lowest BCUT2D eigenvalue weighted by Gasteiger charge is -2.32. The Labute approximate surface area is 183 Å².